The lowest BCUT2D eigenvalue weighted by molar-refractivity contribution is 0.0425. The largest absolute Gasteiger partial charge is 0.399 e. The lowest BCUT2D eigenvalue weighted by Gasteiger charge is -2.17. The first kappa shape index (κ1) is 11.5. The first-order valence-corrected chi connectivity index (χ1v) is 5.00. The summed E-state index contributed by atoms with van der Waals surface area (Å²) in [6.07, 6.45) is 0. The van der Waals surface area contributed by atoms with Gasteiger partial charge in [0, 0.05) is 16.8 Å². The van der Waals surface area contributed by atoms with Gasteiger partial charge in [0.1, 0.15) is 5.82 Å². The van der Waals surface area contributed by atoms with Crippen LogP contribution in [0.3, 0.4) is 0 Å². The molecule has 0 fully saturated rings. The van der Waals surface area contributed by atoms with Crippen molar-refractivity contribution in [2.24, 2.45) is 0 Å². The fourth-order valence-corrected chi connectivity index (χ4v) is 1.54. The van der Waals surface area contributed by atoms with Crippen LogP contribution in [0.5, 0.6) is 0 Å². The Morgan fingerprint density at radius 2 is 1.53 bits per heavy atom. The molecular weight excluding hydrogens is 227 g/mol. The average molecular weight is 237 g/mol. The predicted molar refractivity (Wildman–Crippen MR) is 60.3 cm³/mol. The highest BCUT2D eigenvalue weighted by Gasteiger charge is 2.33. The number of alkyl halides is 2. The van der Waals surface area contributed by atoms with Crippen LogP contribution in [0, 0.1) is 5.82 Å². The van der Waals surface area contributed by atoms with Gasteiger partial charge in [-0.2, -0.15) is 8.78 Å². The summed E-state index contributed by atoms with van der Waals surface area (Å²) in [4.78, 5) is 0. The van der Waals surface area contributed by atoms with E-state index >= 15 is 0 Å². The first-order chi connectivity index (χ1) is 8.00. The van der Waals surface area contributed by atoms with Gasteiger partial charge in [-0.05, 0) is 24.3 Å². The quantitative estimate of drug-likeness (QED) is 0.794. The van der Waals surface area contributed by atoms with E-state index in [9.17, 15) is 13.2 Å². The zero-order valence-corrected chi connectivity index (χ0v) is 8.83. The molecule has 2 rings (SSSR count). The van der Waals surface area contributed by atoms with Gasteiger partial charge in [-0.1, -0.05) is 24.3 Å². The Hall–Kier alpha value is -1.97. The molecule has 0 saturated carbocycles. The van der Waals surface area contributed by atoms with Gasteiger partial charge in [0.15, 0.2) is 0 Å². The van der Waals surface area contributed by atoms with E-state index in [1.807, 2.05) is 0 Å². The monoisotopic (exact) mass is 237 g/mol. The van der Waals surface area contributed by atoms with Crippen molar-refractivity contribution in [3.63, 3.8) is 0 Å². The topological polar surface area (TPSA) is 26.0 Å². The van der Waals surface area contributed by atoms with E-state index in [1.54, 1.807) is 0 Å². The Bertz CT molecular complexity index is 520. The van der Waals surface area contributed by atoms with E-state index in [1.165, 1.54) is 36.4 Å². The Balaban J connectivity index is 2.45. The van der Waals surface area contributed by atoms with Crippen molar-refractivity contribution in [3.05, 3.63) is 65.5 Å². The third kappa shape index (κ3) is 2.25. The number of benzene rings is 2. The zero-order chi connectivity index (χ0) is 12.5. The van der Waals surface area contributed by atoms with Crippen LogP contribution in [0.4, 0.5) is 18.9 Å². The highest BCUT2D eigenvalue weighted by Crippen LogP contribution is 2.35. The highest BCUT2D eigenvalue weighted by atomic mass is 19.3. The van der Waals surface area contributed by atoms with Gasteiger partial charge in [-0.3, -0.25) is 0 Å². The molecule has 0 atom stereocenters. The molecule has 2 N–H and O–H groups in total. The molecule has 2 aromatic rings. The van der Waals surface area contributed by atoms with E-state index in [0.717, 1.165) is 12.1 Å². The standard InChI is InChI=1S/C13H10F3N/c14-11-3-1-2-10(8-11)13(15,16)9-4-6-12(17)7-5-9/h1-8H,17H2. The maximum absolute atomic E-state index is 14.0. The fraction of sp³-hybridized carbons (Fsp3) is 0.0769. The van der Waals surface area contributed by atoms with E-state index < -0.39 is 11.7 Å². The van der Waals surface area contributed by atoms with Gasteiger partial charge in [-0.15, -0.1) is 0 Å². The minimum Gasteiger partial charge on any atom is -0.399 e. The molecule has 88 valence electrons. The molecular formula is C13H10F3N. The van der Waals surface area contributed by atoms with Crippen LogP contribution in [0.15, 0.2) is 48.5 Å². The van der Waals surface area contributed by atoms with E-state index in [-0.39, 0.29) is 11.1 Å². The van der Waals surface area contributed by atoms with Crippen molar-refractivity contribution in [1.29, 1.82) is 0 Å². The Labute approximate surface area is 96.7 Å². The summed E-state index contributed by atoms with van der Waals surface area (Å²) in [5.41, 5.74) is 5.25. The van der Waals surface area contributed by atoms with Crippen molar-refractivity contribution in [2.75, 3.05) is 5.73 Å². The smallest absolute Gasteiger partial charge is 0.298 e. The van der Waals surface area contributed by atoms with E-state index in [4.69, 9.17) is 5.73 Å². The minimum absolute atomic E-state index is 0.211. The lowest BCUT2D eigenvalue weighted by atomic mass is 10.00. The van der Waals surface area contributed by atoms with E-state index in [0.29, 0.717) is 5.69 Å². The van der Waals surface area contributed by atoms with Gasteiger partial charge in [-0.25, -0.2) is 4.39 Å². The van der Waals surface area contributed by atoms with Gasteiger partial charge in [0.2, 0.25) is 0 Å². The molecule has 0 aromatic heterocycles. The Morgan fingerprint density at radius 3 is 2.12 bits per heavy atom. The maximum Gasteiger partial charge on any atom is 0.298 e. The summed E-state index contributed by atoms with van der Waals surface area (Å²) < 4.78 is 40.9. The van der Waals surface area contributed by atoms with Crippen LogP contribution < -0.4 is 5.73 Å². The second-order valence-electron chi connectivity index (χ2n) is 3.71. The third-order valence-electron chi connectivity index (χ3n) is 2.46. The number of anilines is 1. The van der Waals surface area contributed by atoms with Gasteiger partial charge in [0.25, 0.3) is 5.92 Å². The molecule has 0 aliphatic rings. The molecule has 0 heterocycles. The van der Waals surface area contributed by atoms with Crippen molar-refractivity contribution < 1.29 is 13.2 Å². The molecule has 0 aliphatic heterocycles. The molecule has 17 heavy (non-hydrogen) atoms. The number of rotatable bonds is 2. The fourth-order valence-electron chi connectivity index (χ4n) is 1.54. The zero-order valence-electron chi connectivity index (χ0n) is 8.83. The summed E-state index contributed by atoms with van der Waals surface area (Å²) in [5, 5.41) is 0. The molecule has 2 aromatic carbocycles. The van der Waals surface area contributed by atoms with Crippen molar-refractivity contribution in [1.82, 2.24) is 0 Å². The number of halogens is 3. The summed E-state index contributed by atoms with van der Waals surface area (Å²) in [5.74, 6) is -3.91. The van der Waals surface area contributed by atoms with Crippen LogP contribution in [0.2, 0.25) is 0 Å². The first-order valence-electron chi connectivity index (χ1n) is 5.00. The number of hydrogen-bond acceptors (Lipinski definition) is 1. The van der Waals surface area contributed by atoms with Gasteiger partial charge in [0.05, 0.1) is 0 Å². The second-order valence-corrected chi connectivity index (χ2v) is 3.71. The van der Waals surface area contributed by atoms with E-state index in [2.05, 4.69) is 0 Å². The molecule has 1 nitrogen and oxygen atoms in total. The number of hydrogen-bond donors (Lipinski definition) is 1. The van der Waals surface area contributed by atoms with Crippen molar-refractivity contribution >= 4 is 5.69 Å². The van der Waals surface area contributed by atoms with Crippen LogP contribution >= 0.6 is 0 Å². The Morgan fingerprint density at radius 1 is 0.882 bits per heavy atom. The lowest BCUT2D eigenvalue weighted by Crippen LogP contribution is -2.15. The highest BCUT2D eigenvalue weighted by molar-refractivity contribution is 5.43. The summed E-state index contributed by atoms with van der Waals surface area (Å²) >= 11 is 0. The van der Waals surface area contributed by atoms with Crippen LogP contribution in [-0.4, -0.2) is 0 Å². The molecule has 4 heteroatoms. The molecule has 0 bridgehead atoms. The van der Waals surface area contributed by atoms with Crippen LogP contribution in [-0.2, 0) is 5.92 Å². The third-order valence-corrected chi connectivity index (χ3v) is 2.46. The summed E-state index contributed by atoms with van der Waals surface area (Å²) in [6.45, 7) is 0. The molecule has 0 aliphatic carbocycles. The average Bonchev–Trinajstić information content (AvgIpc) is 2.29. The SMILES string of the molecule is Nc1ccc(C(F)(F)c2cccc(F)c2)cc1. The molecule has 0 amide bonds. The van der Waals surface area contributed by atoms with Gasteiger partial charge >= 0.3 is 0 Å². The maximum atomic E-state index is 14.0. The number of nitrogens with two attached hydrogens (primary N) is 1. The number of nitrogen functional groups attached to an aromatic ring is 1. The normalized spacial score (nSPS) is 11.5. The molecule has 0 unspecified atom stereocenters. The van der Waals surface area contributed by atoms with Crippen molar-refractivity contribution in [3.8, 4) is 0 Å². The summed E-state index contributed by atoms with van der Waals surface area (Å²) in [6, 6.07) is 9.67. The second kappa shape index (κ2) is 4.13. The summed E-state index contributed by atoms with van der Waals surface area (Å²) in [7, 11) is 0. The molecule has 0 spiro atoms. The Kier molecular flexibility index (Phi) is 2.79. The molecule has 0 radical (unpaired) electrons. The predicted octanol–water partition coefficient (Wildman–Crippen LogP) is 3.55. The minimum atomic E-state index is -3.23. The van der Waals surface area contributed by atoms with Crippen molar-refractivity contribution in [2.45, 2.75) is 5.92 Å². The van der Waals surface area contributed by atoms with Crippen LogP contribution in [0.25, 0.3) is 0 Å². The van der Waals surface area contributed by atoms with Crippen LogP contribution in [0.1, 0.15) is 11.1 Å². The molecule has 0 saturated heterocycles. The van der Waals surface area contributed by atoms with Gasteiger partial charge < -0.3 is 5.73 Å².